The first-order chi connectivity index (χ1) is 28.8. The van der Waals surface area contributed by atoms with Crippen molar-refractivity contribution in [1.29, 1.82) is 0 Å². The van der Waals surface area contributed by atoms with Crippen molar-refractivity contribution >= 4 is 19.8 Å². The zero-order valence-electron chi connectivity index (χ0n) is 37.2. The SMILES string of the molecule is CC/C=C\C/C=C\C/C=C\C/C=C\C/C=C\CCCCCC(=O)OC(COC(=O)CCCCCCCCCCC/C=C\C/C=C\CCCCC)COP(=O)(O)OCCN. The van der Waals surface area contributed by atoms with Crippen LogP contribution in [0, 0.1) is 0 Å². The molecule has 2 atom stereocenters. The predicted octanol–water partition coefficient (Wildman–Crippen LogP) is 13.6. The van der Waals surface area contributed by atoms with Crippen molar-refractivity contribution in [3.8, 4) is 0 Å². The summed E-state index contributed by atoms with van der Waals surface area (Å²) in [5, 5.41) is 0. The van der Waals surface area contributed by atoms with Crippen molar-refractivity contribution in [2.75, 3.05) is 26.4 Å². The summed E-state index contributed by atoms with van der Waals surface area (Å²) < 4.78 is 32.8. The highest BCUT2D eigenvalue weighted by Crippen LogP contribution is 2.43. The molecule has 0 heterocycles. The number of phosphoric ester groups is 1. The van der Waals surface area contributed by atoms with Crippen LogP contribution in [0.5, 0.6) is 0 Å². The minimum absolute atomic E-state index is 0.0426. The lowest BCUT2D eigenvalue weighted by molar-refractivity contribution is -0.161. The number of unbranched alkanes of at least 4 members (excludes halogenated alkanes) is 15. The van der Waals surface area contributed by atoms with E-state index in [9.17, 15) is 19.0 Å². The molecule has 0 amide bonds. The van der Waals surface area contributed by atoms with Crippen molar-refractivity contribution in [3.63, 3.8) is 0 Å². The summed E-state index contributed by atoms with van der Waals surface area (Å²) in [4.78, 5) is 35.0. The van der Waals surface area contributed by atoms with Crippen LogP contribution in [0.2, 0.25) is 0 Å². The first-order valence-corrected chi connectivity index (χ1v) is 24.6. The largest absolute Gasteiger partial charge is 0.472 e. The van der Waals surface area contributed by atoms with Gasteiger partial charge < -0.3 is 20.1 Å². The number of ether oxygens (including phenoxy) is 2. The average molecular weight is 846 g/mol. The Labute approximate surface area is 360 Å². The molecule has 0 aliphatic rings. The smallest absolute Gasteiger partial charge is 0.462 e. The quantitative estimate of drug-likeness (QED) is 0.0266. The summed E-state index contributed by atoms with van der Waals surface area (Å²) in [5.74, 6) is -0.877. The van der Waals surface area contributed by atoms with Crippen molar-refractivity contribution in [1.82, 2.24) is 0 Å². The molecule has 3 N–H and O–H groups in total. The first kappa shape index (κ1) is 56.2. The molecule has 59 heavy (non-hydrogen) atoms. The molecule has 0 saturated heterocycles. The van der Waals surface area contributed by atoms with Crippen molar-refractivity contribution in [2.24, 2.45) is 5.73 Å². The van der Waals surface area contributed by atoms with Gasteiger partial charge in [-0.3, -0.25) is 18.6 Å². The van der Waals surface area contributed by atoms with Gasteiger partial charge in [0.2, 0.25) is 0 Å². The summed E-state index contributed by atoms with van der Waals surface area (Å²) >= 11 is 0. The Balaban J connectivity index is 4.20. The van der Waals surface area contributed by atoms with Gasteiger partial charge >= 0.3 is 19.8 Å². The van der Waals surface area contributed by atoms with Gasteiger partial charge in [0, 0.05) is 19.4 Å². The minimum atomic E-state index is -4.40. The second-order valence-electron chi connectivity index (χ2n) is 14.9. The molecule has 0 aromatic heterocycles. The maximum absolute atomic E-state index is 12.6. The highest BCUT2D eigenvalue weighted by molar-refractivity contribution is 7.47. The van der Waals surface area contributed by atoms with Gasteiger partial charge in [-0.2, -0.15) is 0 Å². The zero-order valence-corrected chi connectivity index (χ0v) is 38.1. The number of carbonyl (C=O) groups excluding carboxylic acids is 2. The summed E-state index contributed by atoms with van der Waals surface area (Å²) in [6.07, 6.45) is 56.1. The third-order valence-corrected chi connectivity index (χ3v) is 10.2. The monoisotopic (exact) mass is 846 g/mol. The van der Waals surface area contributed by atoms with E-state index < -0.39 is 32.5 Å². The van der Waals surface area contributed by atoms with Gasteiger partial charge in [-0.25, -0.2) is 4.57 Å². The van der Waals surface area contributed by atoms with E-state index in [-0.39, 0.29) is 32.6 Å². The van der Waals surface area contributed by atoms with Gasteiger partial charge in [-0.05, 0) is 89.9 Å². The van der Waals surface area contributed by atoms with E-state index in [0.29, 0.717) is 6.42 Å². The van der Waals surface area contributed by atoms with E-state index >= 15 is 0 Å². The molecule has 0 aliphatic heterocycles. The standard InChI is InChI=1S/C49H84NO8P/c1-3-5-7-9-11-13-15-17-19-21-23-25-27-29-31-33-35-37-39-41-48(51)55-45-47(46-57-59(53,54)56-44-43-50)58-49(52)42-40-38-36-34-32-30-28-26-24-22-20-18-16-14-12-10-8-6-4-2/h6,8,11-14,17-20,24,26,30,32,47H,3-5,7,9-10,15-16,21-23,25,27-29,31,33-46,50H2,1-2H3,(H,53,54)/b8-6-,13-11-,14-12-,19-17-,20-18-,26-24-,32-30-. The number of esters is 2. The molecule has 0 bridgehead atoms. The maximum atomic E-state index is 12.6. The molecular formula is C49H84NO8P. The molecule has 0 radical (unpaired) electrons. The number of phosphoric acid groups is 1. The average Bonchev–Trinajstić information content (AvgIpc) is 3.22. The maximum Gasteiger partial charge on any atom is 0.472 e. The number of hydrogen-bond acceptors (Lipinski definition) is 8. The Kier molecular flexibility index (Phi) is 42.6. The lowest BCUT2D eigenvalue weighted by Crippen LogP contribution is -2.29. The van der Waals surface area contributed by atoms with Gasteiger partial charge in [0.1, 0.15) is 6.61 Å². The molecule has 2 unspecified atom stereocenters. The molecule has 338 valence electrons. The fourth-order valence-electron chi connectivity index (χ4n) is 5.87. The van der Waals surface area contributed by atoms with Gasteiger partial charge in [0.05, 0.1) is 13.2 Å². The summed E-state index contributed by atoms with van der Waals surface area (Å²) in [6.45, 7) is 3.54. The Morgan fingerprint density at radius 1 is 0.525 bits per heavy atom. The highest BCUT2D eigenvalue weighted by Gasteiger charge is 2.26. The molecule has 0 spiro atoms. The molecule has 0 aromatic rings. The molecule has 9 nitrogen and oxygen atoms in total. The Morgan fingerprint density at radius 2 is 0.932 bits per heavy atom. The molecule has 0 aliphatic carbocycles. The Bertz CT molecular complexity index is 1240. The van der Waals surface area contributed by atoms with Crippen LogP contribution in [0.25, 0.3) is 0 Å². The minimum Gasteiger partial charge on any atom is -0.462 e. The second kappa shape index (κ2) is 44.7. The zero-order chi connectivity index (χ0) is 43.2. The first-order valence-electron chi connectivity index (χ1n) is 23.1. The van der Waals surface area contributed by atoms with E-state index in [2.05, 4.69) is 98.9 Å². The Morgan fingerprint density at radius 3 is 1.41 bits per heavy atom. The lowest BCUT2D eigenvalue weighted by Gasteiger charge is -2.19. The fraction of sp³-hybridized carbons (Fsp3) is 0.673. The molecular weight excluding hydrogens is 762 g/mol. The fourth-order valence-corrected chi connectivity index (χ4v) is 6.63. The molecule has 0 aromatic carbocycles. The summed E-state index contributed by atoms with van der Waals surface area (Å²) in [6, 6.07) is 0. The number of hydrogen-bond donors (Lipinski definition) is 2. The van der Waals surface area contributed by atoms with Crippen LogP contribution in [0.3, 0.4) is 0 Å². The van der Waals surface area contributed by atoms with E-state index in [4.69, 9.17) is 24.3 Å². The molecule has 10 heteroatoms. The normalized spacial score (nSPS) is 14.0. The van der Waals surface area contributed by atoms with Crippen molar-refractivity contribution < 1.29 is 37.6 Å². The molecule has 0 rings (SSSR count). The molecule has 0 fully saturated rings. The summed E-state index contributed by atoms with van der Waals surface area (Å²) in [7, 11) is -4.40. The van der Waals surface area contributed by atoms with Crippen LogP contribution in [-0.4, -0.2) is 49.3 Å². The number of allylic oxidation sites excluding steroid dienone is 14. The van der Waals surface area contributed by atoms with Crippen LogP contribution in [0.15, 0.2) is 85.1 Å². The number of rotatable bonds is 42. The Hall–Kier alpha value is -2.81. The third-order valence-electron chi connectivity index (χ3n) is 9.27. The molecule has 0 saturated carbocycles. The van der Waals surface area contributed by atoms with Crippen LogP contribution >= 0.6 is 7.82 Å². The van der Waals surface area contributed by atoms with E-state index in [1.54, 1.807) is 0 Å². The number of carbonyl (C=O) groups is 2. The topological polar surface area (TPSA) is 134 Å². The predicted molar refractivity (Wildman–Crippen MR) is 247 cm³/mol. The summed E-state index contributed by atoms with van der Waals surface area (Å²) in [5.41, 5.74) is 5.35. The van der Waals surface area contributed by atoms with Crippen molar-refractivity contribution in [3.05, 3.63) is 85.1 Å². The van der Waals surface area contributed by atoms with Gasteiger partial charge in [-0.1, -0.05) is 163 Å². The van der Waals surface area contributed by atoms with E-state index in [0.717, 1.165) is 89.9 Å². The van der Waals surface area contributed by atoms with Gasteiger partial charge in [0.15, 0.2) is 6.10 Å². The number of nitrogens with two attached hydrogens (primary N) is 1. The van der Waals surface area contributed by atoms with Crippen LogP contribution in [-0.2, 0) is 32.7 Å². The second-order valence-corrected chi connectivity index (χ2v) is 16.3. The highest BCUT2D eigenvalue weighted by atomic mass is 31.2. The van der Waals surface area contributed by atoms with Crippen molar-refractivity contribution in [2.45, 2.75) is 187 Å². The lowest BCUT2D eigenvalue weighted by atomic mass is 10.1. The van der Waals surface area contributed by atoms with Gasteiger partial charge in [0.25, 0.3) is 0 Å². The van der Waals surface area contributed by atoms with Gasteiger partial charge in [-0.15, -0.1) is 0 Å². The van der Waals surface area contributed by atoms with Crippen LogP contribution in [0.4, 0.5) is 0 Å². The third kappa shape index (κ3) is 44.6. The van der Waals surface area contributed by atoms with Crippen LogP contribution < -0.4 is 5.73 Å². The van der Waals surface area contributed by atoms with E-state index in [1.165, 1.54) is 57.8 Å². The van der Waals surface area contributed by atoms with Crippen LogP contribution in [0.1, 0.15) is 181 Å². The van der Waals surface area contributed by atoms with E-state index in [1.807, 2.05) is 0 Å².